The second kappa shape index (κ2) is 13.5. The standard InChI is InChI=1S/C32H39ClFN5O4S/c1-20(2)38-18-22(10-15-29(38)40)30(21-8-11-23(33)12-9-21)31(35)32(41)37-28-7-3-6-27(34)26(28)14-13-25-17-36-24-5-4-16-44(42,43)39(25)19-24/h3,6-12,15,18,20,24-25,30-31,36H,4-5,13-14,16-17,19,35H2,1-2H3,(H,37,41). The second-order valence-corrected chi connectivity index (χ2v) is 14.4. The van der Waals surface area contributed by atoms with Gasteiger partial charge in [-0.15, -0.1) is 0 Å². The van der Waals surface area contributed by atoms with Crippen molar-refractivity contribution in [3.8, 4) is 0 Å². The van der Waals surface area contributed by atoms with E-state index in [4.69, 9.17) is 17.3 Å². The van der Waals surface area contributed by atoms with E-state index in [1.165, 1.54) is 18.2 Å². The molecule has 0 radical (unpaired) electrons. The number of sulfonamides is 1. The van der Waals surface area contributed by atoms with Gasteiger partial charge in [0.1, 0.15) is 5.82 Å². The number of nitrogens with zero attached hydrogens (tertiary/aromatic N) is 2. The van der Waals surface area contributed by atoms with Gasteiger partial charge < -0.3 is 20.9 Å². The molecule has 3 heterocycles. The summed E-state index contributed by atoms with van der Waals surface area (Å²) in [5.41, 5.74) is 8.45. The number of carbonyl (C=O) groups excluding carboxylic acids is 1. The van der Waals surface area contributed by atoms with Crippen LogP contribution in [0.4, 0.5) is 10.1 Å². The van der Waals surface area contributed by atoms with E-state index >= 15 is 4.39 Å². The molecule has 2 aromatic carbocycles. The molecule has 2 bridgehead atoms. The Bertz CT molecular complexity index is 1660. The number of hydrogen-bond acceptors (Lipinski definition) is 6. The highest BCUT2D eigenvalue weighted by molar-refractivity contribution is 7.89. The van der Waals surface area contributed by atoms with Crippen molar-refractivity contribution < 1.29 is 17.6 Å². The smallest absolute Gasteiger partial charge is 0.250 e. The molecule has 5 atom stereocenters. The molecule has 4 N–H and O–H groups in total. The van der Waals surface area contributed by atoms with Crippen molar-refractivity contribution in [3.05, 3.63) is 98.7 Å². The fourth-order valence-electron chi connectivity index (χ4n) is 6.24. The number of anilines is 1. The van der Waals surface area contributed by atoms with Crippen molar-refractivity contribution in [1.82, 2.24) is 14.2 Å². The van der Waals surface area contributed by atoms with E-state index in [0.717, 1.165) is 12.0 Å². The molecule has 0 saturated carbocycles. The van der Waals surface area contributed by atoms with Gasteiger partial charge >= 0.3 is 0 Å². The van der Waals surface area contributed by atoms with E-state index in [1.54, 1.807) is 51.5 Å². The third-order valence-electron chi connectivity index (χ3n) is 8.63. The number of nitrogens with one attached hydrogen (secondary N) is 2. The highest BCUT2D eigenvalue weighted by Crippen LogP contribution is 2.31. The first-order valence-corrected chi connectivity index (χ1v) is 17.0. The Hall–Kier alpha value is -3.09. The van der Waals surface area contributed by atoms with Crippen LogP contribution in [0.25, 0.3) is 0 Å². The maximum absolute atomic E-state index is 15.2. The predicted octanol–water partition coefficient (Wildman–Crippen LogP) is 4.02. The molecular formula is C32H39ClFN5O4S. The predicted molar refractivity (Wildman–Crippen MR) is 171 cm³/mol. The van der Waals surface area contributed by atoms with Crippen LogP contribution in [0.5, 0.6) is 0 Å². The molecule has 0 aliphatic carbocycles. The van der Waals surface area contributed by atoms with E-state index in [1.807, 2.05) is 13.8 Å². The summed E-state index contributed by atoms with van der Waals surface area (Å²) in [4.78, 5) is 26.2. The molecule has 9 nitrogen and oxygen atoms in total. The number of hydrogen-bond donors (Lipinski definition) is 3. The third kappa shape index (κ3) is 7.07. The zero-order valence-corrected chi connectivity index (χ0v) is 26.5. The molecule has 2 aliphatic rings. The minimum Gasteiger partial charge on any atom is -0.324 e. The first-order chi connectivity index (χ1) is 20.9. The normalized spacial score (nSPS) is 22.6. The molecule has 1 amide bonds. The van der Waals surface area contributed by atoms with Crippen molar-refractivity contribution in [1.29, 1.82) is 0 Å². The number of benzene rings is 2. The quantitative estimate of drug-likeness (QED) is 0.323. The number of fused-ring (bicyclic) bond motifs is 2. The molecule has 12 heteroatoms. The fourth-order valence-corrected chi connectivity index (χ4v) is 8.17. The van der Waals surface area contributed by atoms with Crippen molar-refractivity contribution >= 4 is 33.2 Å². The maximum atomic E-state index is 15.2. The topological polar surface area (TPSA) is 127 Å². The van der Waals surface area contributed by atoms with E-state index < -0.39 is 33.7 Å². The van der Waals surface area contributed by atoms with Gasteiger partial charge in [-0.25, -0.2) is 12.8 Å². The zero-order valence-electron chi connectivity index (χ0n) is 24.9. The maximum Gasteiger partial charge on any atom is 0.250 e. The van der Waals surface area contributed by atoms with Gasteiger partial charge in [0.05, 0.1) is 11.8 Å². The molecular weight excluding hydrogens is 605 g/mol. The Balaban J connectivity index is 1.39. The van der Waals surface area contributed by atoms with Crippen molar-refractivity contribution in [3.63, 3.8) is 0 Å². The lowest BCUT2D eigenvalue weighted by Crippen LogP contribution is -2.57. The lowest BCUT2D eigenvalue weighted by molar-refractivity contribution is -0.117. The van der Waals surface area contributed by atoms with Gasteiger partial charge in [0.2, 0.25) is 15.9 Å². The number of pyridine rings is 1. The van der Waals surface area contributed by atoms with E-state index in [0.29, 0.717) is 42.1 Å². The Morgan fingerprint density at radius 3 is 2.59 bits per heavy atom. The van der Waals surface area contributed by atoms with E-state index in [9.17, 15) is 18.0 Å². The van der Waals surface area contributed by atoms with Gasteiger partial charge in [-0.3, -0.25) is 9.59 Å². The highest BCUT2D eigenvalue weighted by atomic mass is 35.5. The Kier molecular flexibility index (Phi) is 9.91. The Labute approximate surface area is 262 Å². The average Bonchev–Trinajstić information content (AvgIpc) is 3.10. The molecule has 1 aromatic heterocycles. The van der Waals surface area contributed by atoms with Gasteiger partial charge in [0.15, 0.2) is 0 Å². The molecule has 0 spiro atoms. The Morgan fingerprint density at radius 2 is 1.86 bits per heavy atom. The number of rotatable bonds is 9. The van der Waals surface area contributed by atoms with Gasteiger partial charge in [-0.1, -0.05) is 35.9 Å². The first-order valence-electron chi connectivity index (χ1n) is 15.0. The molecule has 236 valence electrons. The second-order valence-electron chi connectivity index (χ2n) is 11.9. The number of amides is 1. The molecule has 44 heavy (non-hydrogen) atoms. The highest BCUT2D eigenvalue weighted by Gasteiger charge is 2.38. The summed E-state index contributed by atoms with van der Waals surface area (Å²) < 4.78 is 44.2. The summed E-state index contributed by atoms with van der Waals surface area (Å²) in [6.07, 6.45) is 3.75. The minimum atomic E-state index is -3.39. The summed E-state index contributed by atoms with van der Waals surface area (Å²) in [5.74, 6) is -1.54. The van der Waals surface area contributed by atoms with Gasteiger partial charge in [-0.05, 0) is 74.9 Å². The van der Waals surface area contributed by atoms with Crippen molar-refractivity contribution in [2.24, 2.45) is 5.73 Å². The summed E-state index contributed by atoms with van der Waals surface area (Å²) in [5, 5.41) is 6.81. The SMILES string of the molecule is CC(C)n1cc(C(c2ccc(Cl)cc2)C(N)C(=O)Nc2cccc(F)c2CCC2CNC3CCCS(=O)(=O)N2C3)ccc1=O. The molecule has 3 aromatic rings. The average molecular weight is 644 g/mol. The first kappa shape index (κ1) is 32.3. The molecule has 2 fully saturated rings. The summed E-state index contributed by atoms with van der Waals surface area (Å²) in [7, 11) is -3.39. The van der Waals surface area contributed by atoms with Crippen LogP contribution in [0.15, 0.2) is 65.6 Å². The van der Waals surface area contributed by atoms with E-state index in [-0.39, 0.29) is 41.5 Å². The fraction of sp³-hybridized carbons (Fsp3) is 0.438. The summed E-state index contributed by atoms with van der Waals surface area (Å²) in [6.45, 7) is 4.69. The third-order valence-corrected chi connectivity index (χ3v) is 10.9. The molecule has 5 rings (SSSR count). The minimum absolute atomic E-state index is 0.109. The monoisotopic (exact) mass is 643 g/mol. The van der Waals surface area contributed by atoms with Crippen molar-refractivity contribution in [2.45, 2.75) is 69.6 Å². The van der Waals surface area contributed by atoms with E-state index in [2.05, 4.69) is 10.6 Å². The van der Waals surface area contributed by atoms with Gasteiger partial charge in [0, 0.05) is 65.7 Å². The number of nitrogens with two attached hydrogens (primary N) is 1. The summed E-state index contributed by atoms with van der Waals surface area (Å²) in [6, 6.07) is 13.2. The molecule has 5 unspecified atom stereocenters. The van der Waals surface area contributed by atoms with Crippen molar-refractivity contribution in [2.75, 3.05) is 24.2 Å². The number of aromatic nitrogens is 1. The van der Waals surface area contributed by atoms with Crippen LogP contribution in [-0.2, 0) is 21.2 Å². The number of carbonyl (C=O) groups is 1. The lowest BCUT2D eigenvalue weighted by atomic mass is 9.85. The van der Waals surface area contributed by atoms with Crippen LogP contribution in [0, 0.1) is 5.82 Å². The van der Waals surface area contributed by atoms with Gasteiger partial charge in [0.25, 0.3) is 5.56 Å². The Morgan fingerprint density at radius 1 is 1.14 bits per heavy atom. The molecule has 2 aliphatic heterocycles. The molecule has 2 saturated heterocycles. The zero-order chi connectivity index (χ0) is 31.6. The largest absolute Gasteiger partial charge is 0.324 e. The van der Waals surface area contributed by atoms with Gasteiger partial charge in [-0.2, -0.15) is 4.31 Å². The van der Waals surface area contributed by atoms with Crippen LogP contribution >= 0.6 is 11.6 Å². The number of halogens is 2. The van der Waals surface area contributed by atoms with Crippen LogP contribution in [0.1, 0.15) is 61.8 Å². The van der Waals surface area contributed by atoms with Crippen LogP contribution in [0.3, 0.4) is 0 Å². The van der Waals surface area contributed by atoms with Crippen LogP contribution in [-0.4, -0.2) is 60.2 Å². The van der Waals surface area contributed by atoms with Crippen LogP contribution in [0.2, 0.25) is 5.02 Å². The van der Waals surface area contributed by atoms with Crippen LogP contribution < -0.4 is 21.9 Å². The summed E-state index contributed by atoms with van der Waals surface area (Å²) >= 11 is 6.14. The lowest BCUT2D eigenvalue weighted by Gasteiger charge is -2.37. The number of piperazine rings is 1.